The minimum absolute atomic E-state index is 0.0945. The molecule has 0 radical (unpaired) electrons. The highest BCUT2D eigenvalue weighted by molar-refractivity contribution is 7.17. The molecule has 6 rings (SSSR count). The van der Waals surface area contributed by atoms with Crippen LogP contribution in [-0.2, 0) is 36.7 Å². The minimum Gasteiger partial charge on any atom is -0.481 e. The summed E-state index contributed by atoms with van der Waals surface area (Å²) < 4.78 is 14.1. The van der Waals surface area contributed by atoms with Gasteiger partial charge in [0.15, 0.2) is 5.60 Å². The van der Waals surface area contributed by atoms with Gasteiger partial charge in [-0.15, -0.1) is 22.7 Å². The van der Waals surface area contributed by atoms with Gasteiger partial charge < -0.3 is 40.1 Å². The lowest BCUT2D eigenvalue weighted by atomic mass is 9.96. The molecule has 0 amide bonds. The Morgan fingerprint density at radius 2 is 1.08 bits per heavy atom. The van der Waals surface area contributed by atoms with E-state index in [1.165, 1.54) is 31.3 Å². The van der Waals surface area contributed by atoms with Gasteiger partial charge in [0.2, 0.25) is 0 Å². The van der Waals surface area contributed by atoms with Crippen LogP contribution in [0.2, 0.25) is 0 Å². The maximum Gasteiger partial charge on any atom is 0.336 e. The number of β-amino-alcohol motifs (C(OH)–C–C–N with tert-alkyl or cyclic N) is 2. The van der Waals surface area contributed by atoms with Crippen LogP contribution in [0, 0.1) is 0 Å². The molecule has 2 aromatic carbocycles. The fraction of sp³-hybridized carbons (Fsp3) is 0.500. The Hall–Kier alpha value is -3.51. The molecule has 15 heteroatoms. The van der Waals surface area contributed by atoms with Gasteiger partial charge in [-0.25, -0.2) is 4.79 Å². The topological polar surface area (TPSA) is 198 Å². The molecule has 0 spiro atoms. The molecule has 2 aliphatic rings. The molecule has 2 saturated heterocycles. The third kappa shape index (κ3) is 14.7. The molecule has 290 valence electrons. The summed E-state index contributed by atoms with van der Waals surface area (Å²) in [4.78, 5) is 35.0. The van der Waals surface area contributed by atoms with Crippen molar-refractivity contribution in [1.29, 1.82) is 0 Å². The lowest BCUT2D eigenvalue weighted by molar-refractivity contribution is -0.170. The van der Waals surface area contributed by atoms with Crippen LogP contribution in [0.5, 0.6) is 0 Å². The number of hydrogen-bond donors (Lipinski definition) is 6. The first-order valence-electron chi connectivity index (χ1n) is 17.7. The first kappa shape index (κ1) is 42.2. The van der Waals surface area contributed by atoms with Crippen molar-refractivity contribution < 1.29 is 54.5 Å². The van der Waals surface area contributed by atoms with E-state index in [0.29, 0.717) is 0 Å². The summed E-state index contributed by atoms with van der Waals surface area (Å²) in [5, 5.41) is 59.1. The zero-order valence-corrected chi connectivity index (χ0v) is 31.3. The standard InChI is InChI=1S/2C16H21NO2S.C6H8O7/c2*18-15-11-17(12-15)6-1-7-19-8-4-13-2-3-16-14(10-13)5-9-20-16;7-3(8)1-6(13,5(11)12)2-4(9)10/h2*2-3,5,9-10,15,18H,1,4,6-8,11-12H2;13H,1-2H2,(H,7,8)(H,9,10)(H,11,12). The SMILES string of the molecule is O=C(O)CC(O)(CC(=O)O)C(=O)O.OC1CN(CCCOCCc2ccc3sccc3c2)C1.OC1CN(CCCOCCc2ccc3sccc3c2)C1. The fourth-order valence-electron chi connectivity index (χ4n) is 5.87. The van der Waals surface area contributed by atoms with Crippen LogP contribution >= 0.6 is 22.7 Å². The van der Waals surface area contributed by atoms with E-state index in [4.69, 9.17) is 29.9 Å². The number of thiophene rings is 2. The minimum atomic E-state index is -2.74. The average Bonchev–Trinajstić information content (AvgIpc) is 3.75. The second-order valence-electron chi connectivity index (χ2n) is 13.3. The number of benzene rings is 2. The van der Waals surface area contributed by atoms with Gasteiger partial charge in [-0.1, -0.05) is 24.3 Å². The molecule has 13 nitrogen and oxygen atoms in total. The third-order valence-electron chi connectivity index (χ3n) is 8.79. The van der Waals surface area contributed by atoms with Gasteiger partial charge in [0.1, 0.15) is 0 Å². The van der Waals surface area contributed by atoms with Crippen LogP contribution < -0.4 is 0 Å². The van der Waals surface area contributed by atoms with Crippen LogP contribution in [0.4, 0.5) is 0 Å². The number of aliphatic carboxylic acids is 3. The molecular weight excluding hydrogens is 725 g/mol. The second kappa shape index (κ2) is 21.4. The highest BCUT2D eigenvalue weighted by Crippen LogP contribution is 2.23. The van der Waals surface area contributed by atoms with Crippen LogP contribution in [0.3, 0.4) is 0 Å². The van der Waals surface area contributed by atoms with Crippen molar-refractivity contribution in [2.24, 2.45) is 0 Å². The molecule has 53 heavy (non-hydrogen) atoms. The average molecular weight is 775 g/mol. The molecular formula is C38H50N2O11S2. The number of fused-ring (bicyclic) bond motifs is 2. The molecule has 2 fully saturated rings. The normalized spacial score (nSPS) is 15.2. The number of aliphatic hydroxyl groups excluding tert-OH is 2. The first-order chi connectivity index (χ1) is 25.4. The number of carboxylic acid groups (broad SMARTS) is 3. The van der Waals surface area contributed by atoms with Crippen LogP contribution in [0.15, 0.2) is 59.3 Å². The molecule has 2 aliphatic heterocycles. The lowest BCUT2D eigenvalue weighted by Crippen LogP contribution is -2.50. The van der Waals surface area contributed by atoms with Crippen molar-refractivity contribution >= 4 is 60.8 Å². The van der Waals surface area contributed by atoms with Gasteiger partial charge in [-0.3, -0.25) is 19.4 Å². The number of rotatable bonds is 19. The zero-order chi connectivity index (χ0) is 38.2. The van der Waals surface area contributed by atoms with Gasteiger partial charge in [0.25, 0.3) is 0 Å². The summed E-state index contributed by atoms with van der Waals surface area (Å²) in [6.07, 6.45) is 1.59. The number of ether oxygens (including phenoxy) is 2. The number of nitrogens with zero attached hydrogens (tertiary/aromatic N) is 2. The number of hydrogen-bond acceptors (Lipinski definition) is 12. The van der Waals surface area contributed by atoms with Gasteiger partial charge in [0.05, 0.1) is 38.3 Å². The Morgan fingerprint density at radius 3 is 1.43 bits per heavy atom. The molecule has 0 aliphatic carbocycles. The van der Waals surface area contributed by atoms with Crippen LogP contribution in [0.25, 0.3) is 20.2 Å². The molecule has 2 aromatic heterocycles. The summed E-state index contributed by atoms with van der Waals surface area (Å²) in [6.45, 7) is 8.62. The first-order valence-corrected chi connectivity index (χ1v) is 19.4. The Kier molecular flexibility index (Phi) is 17.1. The zero-order valence-electron chi connectivity index (χ0n) is 29.7. The second-order valence-corrected chi connectivity index (χ2v) is 15.2. The number of aliphatic hydroxyl groups is 3. The van der Waals surface area contributed by atoms with Gasteiger partial charge in [0, 0.05) is 61.9 Å². The van der Waals surface area contributed by atoms with E-state index < -0.39 is 36.4 Å². The molecule has 0 saturated carbocycles. The molecule has 6 N–H and O–H groups in total. The van der Waals surface area contributed by atoms with E-state index in [2.05, 4.69) is 69.1 Å². The van der Waals surface area contributed by atoms with E-state index in [-0.39, 0.29) is 12.2 Å². The maximum atomic E-state index is 10.3. The van der Waals surface area contributed by atoms with E-state index in [1.54, 1.807) is 22.7 Å². The van der Waals surface area contributed by atoms with Crippen molar-refractivity contribution in [1.82, 2.24) is 9.80 Å². The monoisotopic (exact) mass is 774 g/mol. The third-order valence-corrected chi connectivity index (χ3v) is 10.6. The predicted molar refractivity (Wildman–Crippen MR) is 204 cm³/mol. The Balaban J connectivity index is 0.000000183. The summed E-state index contributed by atoms with van der Waals surface area (Å²) in [5.41, 5.74) is -0.0407. The summed E-state index contributed by atoms with van der Waals surface area (Å²) in [6, 6.07) is 17.7. The van der Waals surface area contributed by atoms with Gasteiger partial charge >= 0.3 is 17.9 Å². The highest BCUT2D eigenvalue weighted by Gasteiger charge is 2.40. The van der Waals surface area contributed by atoms with E-state index in [9.17, 15) is 24.6 Å². The number of carbonyl (C=O) groups is 3. The lowest BCUT2D eigenvalue weighted by Gasteiger charge is -2.35. The smallest absolute Gasteiger partial charge is 0.336 e. The predicted octanol–water partition coefficient (Wildman–Crippen LogP) is 3.81. The van der Waals surface area contributed by atoms with E-state index >= 15 is 0 Å². The van der Waals surface area contributed by atoms with Crippen molar-refractivity contribution in [2.75, 3.05) is 65.7 Å². The van der Waals surface area contributed by atoms with Crippen molar-refractivity contribution in [2.45, 2.75) is 56.3 Å². The molecule has 0 bridgehead atoms. The summed E-state index contributed by atoms with van der Waals surface area (Å²) >= 11 is 3.58. The van der Waals surface area contributed by atoms with Gasteiger partial charge in [-0.2, -0.15) is 0 Å². The van der Waals surface area contributed by atoms with Gasteiger partial charge in [-0.05, 0) is 82.6 Å². The quantitative estimate of drug-likeness (QED) is 0.0754. The van der Waals surface area contributed by atoms with Crippen LogP contribution in [-0.4, -0.2) is 142 Å². The van der Waals surface area contributed by atoms with Crippen molar-refractivity contribution in [3.05, 3.63) is 70.4 Å². The Bertz CT molecular complexity index is 1620. The van der Waals surface area contributed by atoms with Crippen molar-refractivity contribution in [3.8, 4) is 0 Å². The Labute approximate surface area is 316 Å². The number of likely N-dealkylation sites (tertiary alicyclic amines) is 2. The number of carboxylic acids is 3. The van der Waals surface area contributed by atoms with E-state index in [1.807, 2.05) is 0 Å². The highest BCUT2D eigenvalue weighted by atomic mass is 32.1. The molecule has 0 atom stereocenters. The van der Waals surface area contributed by atoms with E-state index in [0.717, 1.165) is 91.4 Å². The van der Waals surface area contributed by atoms with Crippen molar-refractivity contribution in [3.63, 3.8) is 0 Å². The van der Waals surface area contributed by atoms with Crippen LogP contribution in [0.1, 0.15) is 36.8 Å². The fourth-order valence-corrected chi connectivity index (χ4v) is 7.41. The molecule has 4 heterocycles. The summed E-state index contributed by atoms with van der Waals surface area (Å²) in [7, 11) is 0. The largest absolute Gasteiger partial charge is 0.481 e. The Morgan fingerprint density at radius 1 is 0.660 bits per heavy atom. The molecule has 0 unspecified atom stereocenters. The summed E-state index contributed by atoms with van der Waals surface area (Å²) in [5.74, 6) is -5.02. The molecule has 4 aromatic rings. The maximum absolute atomic E-state index is 10.3.